The monoisotopic (exact) mass is 189 g/mol. The molecule has 0 aliphatic heterocycles. The number of rotatable bonds is 6. The summed E-state index contributed by atoms with van der Waals surface area (Å²) in [5.41, 5.74) is 0. The molecule has 0 aromatic carbocycles. The largest absolute Gasteiger partial charge is 0.468 e. The molecule has 3 nitrogen and oxygen atoms in total. The van der Waals surface area contributed by atoms with Crippen molar-refractivity contribution in [1.29, 1.82) is 0 Å². The van der Waals surface area contributed by atoms with Crippen LogP contribution < -0.4 is 5.32 Å². The van der Waals surface area contributed by atoms with E-state index in [2.05, 4.69) is 10.1 Å². The van der Waals surface area contributed by atoms with Crippen molar-refractivity contribution in [1.82, 2.24) is 5.32 Å². The summed E-state index contributed by atoms with van der Waals surface area (Å²) < 4.78 is 4.51. The average Bonchev–Trinajstić information content (AvgIpc) is 2.87. The van der Waals surface area contributed by atoms with E-state index in [-0.39, 0.29) is 5.97 Å². The van der Waals surface area contributed by atoms with Crippen LogP contribution in [0.2, 0.25) is 0 Å². The molecule has 0 saturated heterocycles. The summed E-state index contributed by atoms with van der Waals surface area (Å²) >= 11 is 1.62. The molecule has 0 spiro atoms. The molecule has 0 radical (unpaired) electrons. The van der Waals surface area contributed by atoms with E-state index in [0.717, 1.165) is 18.3 Å². The summed E-state index contributed by atoms with van der Waals surface area (Å²) in [6.07, 6.45) is 2.64. The van der Waals surface area contributed by atoms with E-state index in [0.29, 0.717) is 5.75 Å². The number of nitrogens with one attached hydrogen (secondary N) is 1. The minimum atomic E-state index is -0.133. The van der Waals surface area contributed by atoms with Crippen LogP contribution in [0.1, 0.15) is 12.8 Å². The molecule has 70 valence electrons. The summed E-state index contributed by atoms with van der Waals surface area (Å²) in [4.78, 5) is 10.7. The fourth-order valence-corrected chi connectivity index (χ4v) is 1.53. The highest BCUT2D eigenvalue weighted by Gasteiger charge is 2.19. The van der Waals surface area contributed by atoms with Crippen molar-refractivity contribution < 1.29 is 9.53 Å². The fourth-order valence-electron chi connectivity index (χ4n) is 0.837. The first-order valence-corrected chi connectivity index (χ1v) is 5.36. The molecule has 0 aromatic heterocycles. The predicted molar refractivity (Wildman–Crippen MR) is 50.4 cm³/mol. The minimum absolute atomic E-state index is 0.133. The van der Waals surface area contributed by atoms with Gasteiger partial charge >= 0.3 is 5.97 Å². The molecule has 1 fully saturated rings. The molecule has 0 amide bonds. The Balaban J connectivity index is 1.78. The molecule has 1 rings (SSSR count). The summed E-state index contributed by atoms with van der Waals surface area (Å²) in [7, 11) is 1.42. The number of carbonyl (C=O) groups is 1. The zero-order valence-corrected chi connectivity index (χ0v) is 8.15. The Kier molecular flexibility index (Phi) is 4.46. The van der Waals surface area contributed by atoms with Crippen molar-refractivity contribution in [3.05, 3.63) is 0 Å². The Labute approximate surface area is 77.2 Å². The average molecular weight is 189 g/mol. The van der Waals surface area contributed by atoms with Crippen LogP contribution >= 0.6 is 11.8 Å². The molecular formula is C8H15NO2S. The lowest BCUT2D eigenvalue weighted by atomic mass is 10.6. The second kappa shape index (κ2) is 5.43. The maximum absolute atomic E-state index is 10.7. The standard InChI is InChI=1S/C8H15NO2S/c1-11-8(10)6-12-5-4-9-7-2-3-7/h7,9H,2-6H2,1H3. The number of hydrogen-bond acceptors (Lipinski definition) is 4. The highest BCUT2D eigenvalue weighted by Crippen LogP contribution is 2.18. The summed E-state index contributed by atoms with van der Waals surface area (Å²) in [5, 5.41) is 3.38. The number of carbonyl (C=O) groups excluding carboxylic acids is 1. The molecule has 4 heteroatoms. The maximum atomic E-state index is 10.7. The second-order valence-corrected chi connectivity index (χ2v) is 3.96. The lowest BCUT2D eigenvalue weighted by Crippen LogP contribution is -2.19. The van der Waals surface area contributed by atoms with Crippen molar-refractivity contribution in [3.8, 4) is 0 Å². The van der Waals surface area contributed by atoms with Crippen LogP contribution in [0, 0.1) is 0 Å². The normalized spacial score (nSPS) is 16.1. The smallest absolute Gasteiger partial charge is 0.315 e. The van der Waals surface area contributed by atoms with Gasteiger partial charge in [0.1, 0.15) is 0 Å². The van der Waals surface area contributed by atoms with Crippen LogP contribution in [0.25, 0.3) is 0 Å². The second-order valence-electron chi connectivity index (χ2n) is 2.86. The van der Waals surface area contributed by atoms with Gasteiger partial charge in [-0.15, -0.1) is 11.8 Å². The van der Waals surface area contributed by atoms with Crippen molar-refractivity contribution in [3.63, 3.8) is 0 Å². The quantitative estimate of drug-likeness (QED) is 0.492. The number of esters is 1. The van der Waals surface area contributed by atoms with E-state index in [9.17, 15) is 4.79 Å². The first kappa shape index (κ1) is 9.86. The molecule has 12 heavy (non-hydrogen) atoms. The van der Waals surface area contributed by atoms with Gasteiger partial charge in [-0.25, -0.2) is 0 Å². The first-order valence-electron chi connectivity index (χ1n) is 4.21. The van der Waals surface area contributed by atoms with Gasteiger partial charge in [0.15, 0.2) is 0 Å². The molecule has 0 bridgehead atoms. The first-order chi connectivity index (χ1) is 5.83. The van der Waals surface area contributed by atoms with Gasteiger partial charge in [-0.1, -0.05) is 0 Å². The number of methoxy groups -OCH3 is 1. The Hall–Kier alpha value is -0.220. The Morgan fingerprint density at radius 3 is 3.00 bits per heavy atom. The van der Waals surface area contributed by atoms with Gasteiger partial charge in [0.05, 0.1) is 12.9 Å². The highest BCUT2D eigenvalue weighted by atomic mass is 32.2. The summed E-state index contributed by atoms with van der Waals surface area (Å²) in [5.74, 6) is 1.33. The predicted octanol–water partition coefficient (Wildman–Crippen LogP) is 0.645. The lowest BCUT2D eigenvalue weighted by Gasteiger charge is -2.01. The Bertz CT molecular complexity index is 148. The van der Waals surface area contributed by atoms with Crippen LogP contribution in [-0.2, 0) is 9.53 Å². The topological polar surface area (TPSA) is 38.3 Å². The molecule has 1 N–H and O–H groups in total. The Morgan fingerprint density at radius 1 is 1.67 bits per heavy atom. The number of hydrogen-bond donors (Lipinski definition) is 1. The van der Waals surface area contributed by atoms with Gasteiger partial charge in [0.2, 0.25) is 0 Å². The molecule has 1 aliphatic rings. The zero-order valence-electron chi connectivity index (χ0n) is 7.34. The van der Waals surface area contributed by atoms with Gasteiger partial charge in [0, 0.05) is 18.3 Å². The van der Waals surface area contributed by atoms with E-state index in [1.807, 2.05) is 0 Å². The fraction of sp³-hybridized carbons (Fsp3) is 0.875. The SMILES string of the molecule is COC(=O)CSCCNC1CC1. The van der Waals surface area contributed by atoms with Gasteiger partial charge in [-0.2, -0.15) is 0 Å². The van der Waals surface area contributed by atoms with E-state index in [4.69, 9.17) is 0 Å². The van der Waals surface area contributed by atoms with E-state index in [1.165, 1.54) is 20.0 Å². The molecule has 0 aromatic rings. The lowest BCUT2D eigenvalue weighted by molar-refractivity contribution is -0.137. The molecule has 1 saturated carbocycles. The van der Waals surface area contributed by atoms with Crippen molar-refractivity contribution in [2.75, 3.05) is 25.2 Å². The van der Waals surface area contributed by atoms with E-state index < -0.39 is 0 Å². The zero-order chi connectivity index (χ0) is 8.81. The van der Waals surface area contributed by atoms with Crippen molar-refractivity contribution >= 4 is 17.7 Å². The third-order valence-corrected chi connectivity index (χ3v) is 2.64. The highest BCUT2D eigenvalue weighted by molar-refractivity contribution is 7.99. The van der Waals surface area contributed by atoms with Crippen molar-refractivity contribution in [2.45, 2.75) is 18.9 Å². The molecule has 0 atom stereocenters. The maximum Gasteiger partial charge on any atom is 0.315 e. The molecule has 0 unspecified atom stereocenters. The van der Waals surface area contributed by atoms with Gasteiger partial charge < -0.3 is 10.1 Å². The van der Waals surface area contributed by atoms with Gasteiger partial charge in [0.25, 0.3) is 0 Å². The third-order valence-electron chi connectivity index (χ3n) is 1.70. The van der Waals surface area contributed by atoms with Crippen LogP contribution in [0.5, 0.6) is 0 Å². The molecule has 1 aliphatic carbocycles. The minimum Gasteiger partial charge on any atom is -0.468 e. The third kappa shape index (κ3) is 4.62. The number of thioether (sulfide) groups is 1. The van der Waals surface area contributed by atoms with Gasteiger partial charge in [-0.3, -0.25) is 4.79 Å². The van der Waals surface area contributed by atoms with Crippen molar-refractivity contribution in [2.24, 2.45) is 0 Å². The van der Waals surface area contributed by atoms with Crippen LogP contribution in [-0.4, -0.2) is 37.2 Å². The Morgan fingerprint density at radius 2 is 2.42 bits per heavy atom. The molecule has 0 heterocycles. The van der Waals surface area contributed by atoms with Gasteiger partial charge in [-0.05, 0) is 12.8 Å². The summed E-state index contributed by atoms with van der Waals surface area (Å²) in [6.45, 7) is 1.01. The van der Waals surface area contributed by atoms with Crippen LogP contribution in [0.3, 0.4) is 0 Å². The molecular weight excluding hydrogens is 174 g/mol. The van der Waals surface area contributed by atoms with Crippen LogP contribution in [0.15, 0.2) is 0 Å². The van der Waals surface area contributed by atoms with Crippen LogP contribution in [0.4, 0.5) is 0 Å². The number of ether oxygens (including phenoxy) is 1. The van der Waals surface area contributed by atoms with E-state index in [1.54, 1.807) is 11.8 Å². The summed E-state index contributed by atoms with van der Waals surface area (Å²) in [6, 6.07) is 0.767. The van der Waals surface area contributed by atoms with E-state index >= 15 is 0 Å².